The second-order valence-corrected chi connectivity index (χ2v) is 6.87. The number of aliphatic carboxylic acids is 1. The molecule has 0 amide bonds. The first-order chi connectivity index (χ1) is 12.0. The minimum atomic E-state index is -0.747. The van der Waals surface area contributed by atoms with Crippen molar-refractivity contribution in [2.45, 2.75) is 33.4 Å². The molecule has 1 atom stereocenters. The van der Waals surface area contributed by atoms with Gasteiger partial charge >= 0.3 is 5.97 Å². The van der Waals surface area contributed by atoms with E-state index in [0.29, 0.717) is 13.0 Å². The van der Waals surface area contributed by atoms with E-state index < -0.39 is 5.97 Å². The van der Waals surface area contributed by atoms with Crippen LogP contribution in [0, 0.1) is 12.8 Å². The van der Waals surface area contributed by atoms with Gasteiger partial charge in [-0.05, 0) is 36.1 Å². The van der Waals surface area contributed by atoms with E-state index in [-0.39, 0.29) is 5.92 Å². The molecule has 1 N–H and O–H groups in total. The van der Waals surface area contributed by atoms with Gasteiger partial charge in [0, 0.05) is 25.2 Å². The van der Waals surface area contributed by atoms with Gasteiger partial charge in [0.1, 0.15) is 12.4 Å². The van der Waals surface area contributed by atoms with Crippen LogP contribution in [-0.2, 0) is 24.3 Å². The van der Waals surface area contributed by atoms with Crippen LogP contribution in [0.25, 0.3) is 0 Å². The monoisotopic (exact) mass is 339 g/mol. The first kappa shape index (κ1) is 17.5. The summed E-state index contributed by atoms with van der Waals surface area (Å²) in [6.07, 6.45) is 0.564. The van der Waals surface area contributed by atoms with Crippen molar-refractivity contribution in [3.8, 4) is 5.75 Å². The van der Waals surface area contributed by atoms with E-state index in [9.17, 15) is 4.79 Å². The molecule has 3 rings (SSSR count). The van der Waals surface area contributed by atoms with Gasteiger partial charge in [-0.2, -0.15) is 0 Å². The van der Waals surface area contributed by atoms with Crippen molar-refractivity contribution in [2.24, 2.45) is 5.92 Å². The van der Waals surface area contributed by atoms with Crippen molar-refractivity contribution in [3.05, 3.63) is 64.7 Å². The summed E-state index contributed by atoms with van der Waals surface area (Å²) in [5.74, 6) is -0.136. The highest BCUT2D eigenvalue weighted by Gasteiger charge is 2.17. The maximum Gasteiger partial charge on any atom is 0.306 e. The Hall–Kier alpha value is -2.33. The molecule has 4 heteroatoms. The normalized spacial score (nSPS) is 15.8. The van der Waals surface area contributed by atoms with Crippen LogP contribution in [0.2, 0.25) is 0 Å². The molecule has 2 aromatic carbocycles. The Morgan fingerprint density at radius 2 is 2.08 bits per heavy atom. The molecule has 0 aliphatic carbocycles. The Kier molecular flexibility index (Phi) is 5.39. The van der Waals surface area contributed by atoms with Gasteiger partial charge in [-0.1, -0.05) is 43.3 Å². The minimum absolute atomic E-state index is 0.367. The predicted molar refractivity (Wildman–Crippen MR) is 97.7 cm³/mol. The van der Waals surface area contributed by atoms with E-state index in [0.717, 1.165) is 30.9 Å². The van der Waals surface area contributed by atoms with Gasteiger partial charge < -0.3 is 9.84 Å². The minimum Gasteiger partial charge on any atom is -0.492 e. The van der Waals surface area contributed by atoms with E-state index >= 15 is 0 Å². The standard InChI is InChI=1S/C21H25NO3/c1-15-7-8-17(11-16(2)21(23)24)12-19(15)14-22-9-10-25-20-6-4-3-5-18(20)13-22/h3-8,12,16H,9-11,13-14H2,1-2H3,(H,23,24). The van der Waals surface area contributed by atoms with Gasteiger partial charge in [0.25, 0.3) is 0 Å². The highest BCUT2D eigenvalue weighted by atomic mass is 16.5. The maximum absolute atomic E-state index is 11.1. The van der Waals surface area contributed by atoms with Crippen LogP contribution < -0.4 is 4.74 Å². The van der Waals surface area contributed by atoms with Crippen LogP contribution in [0.5, 0.6) is 5.75 Å². The molecule has 0 radical (unpaired) electrons. The lowest BCUT2D eigenvalue weighted by Gasteiger charge is -2.21. The molecule has 1 unspecified atom stereocenters. The first-order valence-corrected chi connectivity index (χ1v) is 8.77. The molecule has 1 aliphatic heterocycles. The largest absolute Gasteiger partial charge is 0.492 e. The summed E-state index contributed by atoms with van der Waals surface area (Å²) in [4.78, 5) is 13.5. The van der Waals surface area contributed by atoms with Gasteiger partial charge in [0.2, 0.25) is 0 Å². The smallest absolute Gasteiger partial charge is 0.306 e. The number of benzene rings is 2. The molecule has 1 heterocycles. The maximum atomic E-state index is 11.1. The number of carboxylic acids is 1. The highest BCUT2D eigenvalue weighted by molar-refractivity contribution is 5.69. The van der Waals surface area contributed by atoms with Gasteiger partial charge in [-0.15, -0.1) is 0 Å². The van der Waals surface area contributed by atoms with Gasteiger partial charge in [-0.3, -0.25) is 9.69 Å². The molecule has 25 heavy (non-hydrogen) atoms. The molecule has 0 bridgehead atoms. The van der Waals surface area contributed by atoms with E-state index in [1.165, 1.54) is 16.7 Å². The Balaban J connectivity index is 1.75. The third-order valence-corrected chi connectivity index (χ3v) is 4.80. The fraction of sp³-hybridized carbons (Fsp3) is 0.381. The molecule has 0 saturated carbocycles. The van der Waals surface area contributed by atoms with Crippen LogP contribution >= 0.6 is 0 Å². The summed E-state index contributed by atoms with van der Waals surface area (Å²) in [5, 5.41) is 9.13. The van der Waals surface area contributed by atoms with Crippen molar-refractivity contribution in [1.82, 2.24) is 4.90 Å². The Bertz CT molecular complexity index is 757. The third-order valence-electron chi connectivity index (χ3n) is 4.80. The second kappa shape index (κ2) is 7.70. The average Bonchev–Trinajstić information content (AvgIpc) is 2.79. The van der Waals surface area contributed by atoms with Crippen molar-refractivity contribution in [2.75, 3.05) is 13.2 Å². The summed E-state index contributed by atoms with van der Waals surface area (Å²) in [6.45, 7) is 7.15. The topological polar surface area (TPSA) is 49.8 Å². The number of ether oxygens (including phenoxy) is 1. The van der Waals surface area contributed by atoms with E-state index in [4.69, 9.17) is 9.84 Å². The molecule has 4 nitrogen and oxygen atoms in total. The SMILES string of the molecule is Cc1ccc(CC(C)C(=O)O)cc1CN1CCOc2ccccc2C1. The fourth-order valence-electron chi connectivity index (χ4n) is 3.22. The Morgan fingerprint density at radius 3 is 2.88 bits per heavy atom. The lowest BCUT2D eigenvalue weighted by atomic mass is 9.97. The second-order valence-electron chi connectivity index (χ2n) is 6.87. The fourth-order valence-corrected chi connectivity index (χ4v) is 3.22. The first-order valence-electron chi connectivity index (χ1n) is 8.77. The number of fused-ring (bicyclic) bond motifs is 1. The third kappa shape index (κ3) is 4.40. The summed E-state index contributed by atoms with van der Waals surface area (Å²) in [7, 11) is 0. The molecular weight excluding hydrogens is 314 g/mol. The van der Waals surface area contributed by atoms with Gasteiger partial charge in [0.05, 0.1) is 5.92 Å². The van der Waals surface area contributed by atoms with Gasteiger partial charge in [0.15, 0.2) is 0 Å². The lowest BCUT2D eigenvalue weighted by molar-refractivity contribution is -0.141. The summed E-state index contributed by atoms with van der Waals surface area (Å²) in [6, 6.07) is 14.5. The van der Waals surface area contributed by atoms with Crippen LogP contribution in [-0.4, -0.2) is 29.1 Å². The van der Waals surface area contributed by atoms with E-state index in [2.05, 4.69) is 30.0 Å². The average molecular weight is 339 g/mol. The molecule has 1 aliphatic rings. The number of rotatable bonds is 5. The van der Waals surface area contributed by atoms with Crippen LogP contribution in [0.3, 0.4) is 0 Å². The van der Waals surface area contributed by atoms with Crippen molar-refractivity contribution in [1.29, 1.82) is 0 Å². The molecule has 0 saturated heterocycles. The zero-order valence-electron chi connectivity index (χ0n) is 14.9. The quantitative estimate of drug-likeness (QED) is 0.903. The van der Waals surface area contributed by atoms with Crippen LogP contribution in [0.15, 0.2) is 42.5 Å². The number of hydrogen-bond donors (Lipinski definition) is 1. The number of carboxylic acid groups (broad SMARTS) is 1. The zero-order valence-corrected chi connectivity index (χ0v) is 14.9. The summed E-state index contributed by atoms with van der Waals surface area (Å²) < 4.78 is 5.84. The van der Waals surface area contributed by atoms with Crippen LogP contribution in [0.4, 0.5) is 0 Å². The van der Waals surface area contributed by atoms with Crippen LogP contribution in [0.1, 0.15) is 29.2 Å². The molecule has 132 valence electrons. The molecule has 2 aromatic rings. The van der Waals surface area contributed by atoms with E-state index in [1.54, 1.807) is 6.92 Å². The molecular formula is C21H25NO3. The Labute approximate surface area is 149 Å². The predicted octanol–water partition coefficient (Wildman–Crippen LogP) is 3.65. The van der Waals surface area contributed by atoms with Crippen molar-refractivity contribution < 1.29 is 14.6 Å². The number of aryl methyl sites for hydroxylation is 1. The summed E-state index contributed by atoms with van der Waals surface area (Å²) >= 11 is 0. The highest BCUT2D eigenvalue weighted by Crippen LogP contribution is 2.24. The molecule has 0 fully saturated rings. The number of para-hydroxylation sites is 1. The Morgan fingerprint density at radius 1 is 1.28 bits per heavy atom. The van der Waals surface area contributed by atoms with Gasteiger partial charge in [-0.25, -0.2) is 0 Å². The number of carbonyl (C=O) groups is 1. The lowest BCUT2D eigenvalue weighted by Crippen LogP contribution is -2.25. The van der Waals surface area contributed by atoms with Crippen molar-refractivity contribution >= 4 is 5.97 Å². The molecule has 0 spiro atoms. The number of nitrogens with zero attached hydrogens (tertiary/aromatic N) is 1. The molecule has 0 aromatic heterocycles. The van der Waals surface area contributed by atoms with Crippen molar-refractivity contribution in [3.63, 3.8) is 0 Å². The number of hydrogen-bond acceptors (Lipinski definition) is 3. The van der Waals surface area contributed by atoms with E-state index in [1.807, 2.05) is 24.3 Å². The summed E-state index contributed by atoms with van der Waals surface area (Å²) in [5.41, 5.74) is 4.80. The zero-order chi connectivity index (χ0) is 17.8.